The first-order valence-electron chi connectivity index (χ1n) is 3.54. The summed E-state index contributed by atoms with van der Waals surface area (Å²) in [6.07, 6.45) is 0. The van der Waals surface area contributed by atoms with Gasteiger partial charge in [0, 0.05) is 0 Å². The maximum absolute atomic E-state index is 11.0. The molecule has 2 fully saturated rings. The molecule has 0 bridgehead atoms. The van der Waals surface area contributed by atoms with E-state index in [1.54, 1.807) is 0 Å². The van der Waals surface area contributed by atoms with Crippen molar-refractivity contribution in [3.63, 3.8) is 0 Å². The van der Waals surface area contributed by atoms with Crippen LogP contribution in [0.4, 0.5) is 0 Å². The number of carbonyl (C=O) groups is 2. The Labute approximate surface area is 63.7 Å². The highest BCUT2D eigenvalue weighted by atomic mass is 16.5. The topological polar surface area (TPSA) is 57.6 Å². The summed E-state index contributed by atoms with van der Waals surface area (Å²) in [6.45, 7) is 3.73. The van der Waals surface area contributed by atoms with E-state index in [1.807, 2.05) is 13.8 Å². The van der Waals surface area contributed by atoms with Gasteiger partial charge in [-0.25, -0.2) is 0 Å². The van der Waals surface area contributed by atoms with Crippen molar-refractivity contribution in [1.82, 2.24) is 5.06 Å². The van der Waals surface area contributed by atoms with Crippen LogP contribution < -0.4 is 0 Å². The number of hydrogen-bond acceptors (Lipinski definition) is 3. The molecule has 0 radical (unpaired) electrons. The minimum Gasteiger partial charge on any atom is -0.278 e. The van der Waals surface area contributed by atoms with Gasteiger partial charge in [-0.2, -0.15) is 5.06 Å². The van der Waals surface area contributed by atoms with Crippen LogP contribution in [-0.2, 0) is 9.59 Å². The first-order chi connectivity index (χ1) is 4.98. The van der Waals surface area contributed by atoms with E-state index in [4.69, 9.17) is 5.21 Å². The third-order valence-corrected chi connectivity index (χ3v) is 2.78. The predicted molar refractivity (Wildman–Crippen MR) is 34.4 cm³/mol. The van der Waals surface area contributed by atoms with Gasteiger partial charge in [0.2, 0.25) is 0 Å². The molecule has 1 saturated heterocycles. The zero-order valence-electron chi connectivity index (χ0n) is 6.37. The maximum atomic E-state index is 11.0. The molecule has 2 atom stereocenters. The fourth-order valence-corrected chi connectivity index (χ4v) is 1.93. The van der Waals surface area contributed by atoms with Crippen LogP contribution >= 0.6 is 0 Å². The number of hydroxylamine groups is 2. The van der Waals surface area contributed by atoms with Crippen LogP contribution in [0.3, 0.4) is 0 Å². The highest BCUT2D eigenvalue weighted by molar-refractivity contribution is 6.09. The molecule has 4 heteroatoms. The molecule has 2 rings (SSSR count). The second-order valence-corrected chi connectivity index (χ2v) is 3.76. The van der Waals surface area contributed by atoms with Crippen LogP contribution in [0.1, 0.15) is 13.8 Å². The Bertz CT molecular complexity index is 234. The van der Waals surface area contributed by atoms with Gasteiger partial charge in [0.05, 0.1) is 11.8 Å². The lowest BCUT2D eigenvalue weighted by Gasteiger charge is -2.12. The van der Waals surface area contributed by atoms with Crippen molar-refractivity contribution >= 4 is 11.8 Å². The lowest BCUT2D eigenvalue weighted by Crippen LogP contribution is -2.32. The summed E-state index contributed by atoms with van der Waals surface area (Å²) < 4.78 is 0. The molecule has 2 aliphatic rings. The van der Waals surface area contributed by atoms with Crippen LogP contribution in [0.15, 0.2) is 0 Å². The van der Waals surface area contributed by atoms with Gasteiger partial charge in [-0.3, -0.25) is 14.8 Å². The molecule has 4 nitrogen and oxygen atoms in total. The zero-order valence-corrected chi connectivity index (χ0v) is 6.37. The number of rotatable bonds is 0. The van der Waals surface area contributed by atoms with Gasteiger partial charge in [-0.05, 0) is 5.41 Å². The lowest BCUT2D eigenvalue weighted by atomic mass is 10.1. The van der Waals surface area contributed by atoms with E-state index in [9.17, 15) is 9.59 Å². The van der Waals surface area contributed by atoms with Gasteiger partial charge in [0.1, 0.15) is 0 Å². The van der Waals surface area contributed by atoms with Crippen LogP contribution in [0, 0.1) is 17.3 Å². The Morgan fingerprint density at radius 1 is 1.27 bits per heavy atom. The smallest absolute Gasteiger partial charge is 0.257 e. The number of carbonyl (C=O) groups excluding carboxylic acids is 2. The van der Waals surface area contributed by atoms with Gasteiger partial charge in [0.15, 0.2) is 0 Å². The third kappa shape index (κ3) is 0.542. The number of imide groups is 1. The molecule has 1 saturated carbocycles. The fourth-order valence-electron chi connectivity index (χ4n) is 1.93. The van der Waals surface area contributed by atoms with Crippen LogP contribution in [0.25, 0.3) is 0 Å². The van der Waals surface area contributed by atoms with Crippen LogP contribution in [0.5, 0.6) is 0 Å². The molecule has 2 unspecified atom stereocenters. The maximum Gasteiger partial charge on any atom is 0.257 e. The Balaban J connectivity index is 2.35. The van der Waals surface area contributed by atoms with Crippen molar-refractivity contribution in [3.05, 3.63) is 0 Å². The van der Waals surface area contributed by atoms with E-state index in [-0.39, 0.29) is 22.3 Å². The molecule has 11 heavy (non-hydrogen) atoms. The number of nitrogens with zero attached hydrogens (tertiary/aromatic N) is 1. The van der Waals surface area contributed by atoms with Crippen molar-refractivity contribution in [2.75, 3.05) is 0 Å². The fraction of sp³-hybridized carbons (Fsp3) is 0.714. The average Bonchev–Trinajstić information content (AvgIpc) is 2.39. The molecular formula is C7H9NO3. The SMILES string of the molecule is CC1(C)C2C(=O)N(O)C(=O)C21. The zero-order chi connectivity index (χ0) is 8.39. The number of piperidine rings is 1. The summed E-state index contributed by atoms with van der Waals surface area (Å²) in [7, 11) is 0. The van der Waals surface area contributed by atoms with Crippen molar-refractivity contribution in [2.45, 2.75) is 13.8 Å². The second kappa shape index (κ2) is 1.48. The molecule has 1 heterocycles. The molecule has 0 aromatic heterocycles. The van der Waals surface area contributed by atoms with Crippen molar-refractivity contribution in [3.8, 4) is 0 Å². The summed E-state index contributed by atoms with van der Waals surface area (Å²) in [4.78, 5) is 22.1. The van der Waals surface area contributed by atoms with E-state index in [0.717, 1.165) is 0 Å². The molecule has 0 spiro atoms. The predicted octanol–water partition coefficient (Wildman–Crippen LogP) is 0.0166. The summed E-state index contributed by atoms with van der Waals surface area (Å²) >= 11 is 0. The normalized spacial score (nSPS) is 39.4. The van der Waals surface area contributed by atoms with Crippen LogP contribution in [0.2, 0.25) is 0 Å². The summed E-state index contributed by atoms with van der Waals surface area (Å²) in [6, 6.07) is 0. The second-order valence-electron chi connectivity index (χ2n) is 3.76. The molecule has 1 aliphatic heterocycles. The first kappa shape index (κ1) is 6.79. The molecule has 1 N–H and O–H groups in total. The average molecular weight is 155 g/mol. The summed E-state index contributed by atoms with van der Waals surface area (Å²) in [5.74, 6) is -1.41. The standard InChI is InChI=1S/C7H9NO3/c1-7(2)3-4(7)6(10)8(11)5(3)9/h3-4,11H,1-2H3. The van der Waals surface area contributed by atoms with Crippen molar-refractivity contribution in [1.29, 1.82) is 0 Å². The van der Waals surface area contributed by atoms with E-state index in [0.29, 0.717) is 0 Å². The Morgan fingerprint density at radius 3 is 1.91 bits per heavy atom. The van der Waals surface area contributed by atoms with Gasteiger partial charge in [0.25, 0.3) is 11.8 Å². The molecule has 0 aromatic carbocycles. The first-order valence-corrected chi connectivity index (χ1v) is 3.54. The third-order valence-electron chi connectivity index (χ3n) is 2.78. The highest BCUT2D eigenvalue weighted by Crippen LogP contribution is 2.62. The van der Waals surface area contributed by atoms with Gasteiger partial charge < -0.3 is 0 Å². The number of amides is 2. The Morgan fingerprint density at radius 2 is 1.64 bits per heavy atom. The van der Waals surface area contributed by atoms with Gasteiger partial charge in [-0.1, -0.05) is 13.8 Å². The Hall–Kier alpha value is -0.900. The number of fused-ring (bicyclic) bond motifs is 1. The molecular weight excluding hydrogens is 146 g/mol. The van der Waals surface area contributed by atoms with Gasteiger partial charge >= 0.3 is 0 Å². The quantitative estimate of drug-likeness (QED) is 0.396. The van der Waals surface area contributed by atoms with E-state index in [2.05, 4.69) is 0 Å². The summed E-state index contributed by atoms with van der Waals surface area (Å²) in [5.41, 5.74) is -0.215. The largest absolute Gasteiger partial charge is 0.278 e. The minimum atomic E-state index is -0.440. The number of hydrogen-bond donors (Lipinski definition) is 1. The Kier molecular flexibility index (Phi) is 0.912. The van der Waals surface area contributed by atoms with Crippen molar-refractivity contribution in [2.24, 2.45) is 17.3 Å². The lowest BCUT2D eigenvalue weighted by molar-refractivity contribution is -0.176. The van der Waals surface area contributed by atoms with E-state index in [1.165, 1.54) is 0 Å². The summed E-state index contributed by atoms with van der Waals surface area (Å²) in [5, 5.41) is 9.08. The molecule has 60 valence electrons. The van der Waals surface area contributed by atoms with E-state index < -0.39 is 11.8 Å². The van der Waals surface area contributed by atoms with Crippen molar-refractivity contribution < 1.29 is 14.8 Å². The highest BCUT2D eigenvalue weighted by Gasteiger charge is 2.72. The van der Waals surface area contributed by atoms with Gasteiger partial charge in [-0.15, -0.1) is 0 Å². The molecule has 2 amide bonds. The molecule has 1 aliphatic carbocycles. The monoisotopic (exact) mass is 155 g/mol. The van der Waals surface area contributed by atoms with Crippen LogP contribution in [-0.4, -0.2) is 22.1 Å². The molecule has 0 aromatic rings. The minimum absolute atomic E-state index is 0.215. The van der Waals surface area contributed by atoms with E-state index >= 15 is 0 Å².